The van der Waals surface area contributed by atoms with E-state index < -0.39 is 11.9 Å². The summed E-state index contributed by atoms with van der Waals surface area (Å²) in [5.41, 5.74) is 1.68. The SMILES string of the molecule is Cc1c(C(=O)N2CCC(C(=O)O)C2C)nnn1-c1cccc(Br)c1. The van der Waals surface area contributed by atoms with Crippen molar-refractivity contribution in [3.05, 3.63) is 40.1 Å². The topological polar surface area (TPSA) is 88.3 Å². The lowest BCUT2D eigenvalue weighted by Crippen LogP contribution is -2.38. The summed E-state index contributed by atoms with van der Waals surface area (Å²) in [5.74, 6) is -1.67. The smallest absolute Gasteiger partial charge is 0.308 e. The average molecular weight is 393 g/mol. The molecule has 1 aliphatic heterocycles. The number of carbonyl (C=O) groups is 2. The number of carboxylic acid groups (broad SMARTS) is 1. The Bertz CT molecular complexity index is 804. The monoisotopic (exact) mass is 392 g/mol. The fourth-order valence-electron chi connectivity index (χ4n) is 3.07. The van der Waals surface area contributed by atoms with Crippen molar-refractivity contribution in [1.82, 2.24) is 19.9 Å². The first-order valence-electron chi connectivity index (χ1n) is 7.62. The molecule has 0 aliphatic carbocycles. The van der Waals surface area contributed by atoms with Gasteiger partial charge in [-0.05, 0) is 38.5 Å². The minimum Gasteiger partial charge on any atom is -0.481 e. The second-order valence-electron chi connectivity index (χ2n) is 5.89. The van der Waals surface area contributed by atoms with E-state index in [2.05, 4.69) is 26.2 Å². The standard InChI is InChI=1S/C16H17BrN4O3/c1-9-13(16(23)24)6-7-20(9)15(22)14-10(2)21(19-18-14)12-5-3-4-11(17)8-12/h3-5,8-9,13H,6-7H2,1-2H3,(H,23,24). The highest BCUT2D eigenvalue weighted by molar-refractivity contribution is 9.10. The van der Waals surface area contributed by atoms with Crippen molar-refractivity contribution in [3.63, 3.8) is 0 Å². The van der Waals surface area contributed by atoms with Gasteiger partial charge >= 0.3 is 5.97 Å². The number of nitrogens with zero attached hydrogens (tertiary/aromatic N) is 4. The van der Waals surface area contributed by atoms with Gasteiger partial charge in [0.05, 0.1) is 17.3 Å². The predicted octanol–water partition coefficient (Wildman–Crippen LogP) is 2.27. The van der Waals surface area contributed by atoms with E-state index in [0.717, 1.165) is 10.2 Å². The van der Waals surface area contributed by atoms with Crippen LogP contribution in [0.3, 0.4) is 0 Å². The van der Waals surface area contributed by atoms with E-state index in [-0.39, 0.29) is 17.6 Å². The van der Waals surface area contributed by atoms with Crippen molar-refractivity contribution < 1.29 is 14.7 Å². The molecule has 0 saturated carbocycles. The summed E-state index contributed by atoms with van der Waals surface area (Å²) >= 11 is 3.41. The Morgan fingerprint density at radius 1 is 1.38 bits per heavy atom. The zero-order valence-electron chi connectivity index (χ0n) is 13.3. The number of amides is 1. The third-order valence-corrected chi connectivity index (χ3v) is 4.98. The molecule has 0 spiro atoms. The summed E-state index contributed by atoms with van der Waals surface area (Å²) in [6.07, 6.45) is 0.459. The van der Waals surface area contributed by atoms with E-state index in [1.54, 1.807) is 23.4 Å². The molecule has 8 heteroatoms. The first kappa shape index (κ1) is 16.6. The van der Waals surface area contributed by atoms with E-state index in [0.29, 0.717) is 18.7 Å². The minimum absolute atomic E-state index is 0.257. The second kappa shape index (κ2) is 6.35. The molecule has 3 rings (SSSR count). The Morgan fingerprint density at radius 2 is 2.12 bits per heavy atom. The van der Waals surface area contributed by atoms with Crippen LogP contribution in [0.25, 0.3) is 5.69 Å². The van der Waals surface area contributed by atoms with E-state index in [1.165, 1.54) is 0 Å². The Hall–Kier alpha value is -2.22. The molecular formula is C16H17BrN4O3. The van der Waals surface area contributed by atoms with E-state index in [9.17, 15) is 14.7 Å². The van der Waals surface area contributed by atoms with Crippen molar-refractivity contribution in [1.29, 1.82) is 0 Å². The number of benzene rings is 1. The molecule has 1 aromatic carbocycles. The van der Waals surface area contributed by atoms with Gasteiger partial charge in [0.1, 0.15) is 0 Å². The second-order valence-corrected chi connectivity index (χ2v) is 6.80. The van der Waals surface area contributed by atoms with Crippen LogP contribution in [0.5, 0.6) is 0 Å². The van der Waals surface area contributed by atoms with Crippen LogP contribution < -0.4 is 0 Å². The third-order valence-electron chi connectivity index (χ3n) is 4.48. The van der Waals surface area contributed by atoms with Gasteiger partial charge in [-0.25, -0.2) is 4.68 Å². The molecule has 1 aromatic heterocycles. The maximum absolute atomic E-state index is 12.8. The van der Waals surface area contributed by atoms with Crippen molar-refractivity contribution >= 4 is 27.8 Å². The molecule has 1 N–H and O–H groups in total. The molecule has 2 unspecified atom stereocenters. The van der Waals surface area contributed by atoms with Gasteiger partial charge in [0.25, 0.3) is 5.91 Å². The van der Waals surface area contributed by atoms with Gasteiger partial charge < -0.3 is 10.0 Å². The fourth-order valence-corrected chi connectivity index (χ4v) is 3.46. The molecule has 7 nitrogen and oxygen atoms in total. The molecule has 1 aliphatic rings. The van der Waals surface area contributed by atoms with Gasteiger partial charge in [-0.15, -0.1) is 5.10 Å². The van der Waals surface area contributed by atoms with Gasteiger partial charge in [0.2, 0.25) is 0 Å². The number of aromatic nitrogens is 3. The van der Waals surface area contributed by atoms with Crippen LogP contribution in [0.15, 0.2) is 28.7 Å². The van der Waals surface area contributed by atoms with Crippen molar-refractivity contribution in [2.75, 3.05) is 6.54 Å². The van der Waals surface area contributed by atoms with Crippen molar-refractivity contribution in [2.24, 2.45) is 5.92 Å². The summed E-state index contributed by atoms with van der Waals surface area (Å²) < 4.78 is 2.51. The van der Waals surface area contributed by atoms with Crippen LogP contribution in [0, 0.1) is 12.8 Å². The Morgan fingerprint density at radius 3 is 2.75 bits per heavy atom. The summed E-state index contributed by atoms with van der Waals surface area (Å²) in [7, 11) is 0. The van der Waals surface area contributed by atoms with Gasteiger partial charge in [-0.1, -0.05) is 27.2 Å². The summed E-state index contributed by atoms with van der Waals surface area (Å²) in [6, 6.07) is 7.18. The molecule has 1 saturated heterocycles. The van der Waals surface area contributed by atoms with Crippen molar-refractivity contribution in [2.45, 2.75) is 26.3 Å². The lowest BCUT2D eigenvalue weighted by molar-refractivity contribution is -0.142. The lowest BCUT2D eigenvalue weighted by Gasteiger charge is -2.22. The average Bonchev–Trinajstić information content (AvgIpc) is 3.10. The number of carboxylic acids is 1. The molecule has 24 heavy (non-hydrogen) atoms. The van der Waals surface area contributed by atoms with E-state index >= 15 is 0 Å². The van der Waals surface area contributed by atoms with Crippen LogP contribution in [-0.4, -0.2) is 49.5 Å². The highest BCUT2D eigenvalue weighted by Gasteiger charge is 2.39. The first-order valence-corrected chi connectivity index (χ1v) is 8.41. The number of carbonyl (C=O) groups excluding carboxylic acids is 1. The Balaban J connectivity index is 1.89. The highest BCUT2D eigenvalue weighted by atomic mass is 79.9. The number of hydrogen-bond acceptors (Lipinski definition) is 4. The minimum atomic E-state index is -0.868. The number of aliphatic carboxylic acids is 1. The lowest BCUT2D eigenvalue weighted by atomic mass is 10.0. The van der Waals surface area contributed by atoms with Gasteiger partial charge in [0, 0.05) is 17.1 Å². The Labute approximate surface area is 147 Å². The maximum Gasteiger partial charge on any atom is 0.308 e. The molecule has 2 aromatic rings. The van der Waals surface area contributed by atoms with Gasteiger partial charge in [-0.2, -0.15) is 0 Å². The molecule has 1 fully saturated rings. The van der Waals surface area contributed by atoms with Crippen LogP contribution in [-0.2, 0) is 4.79 Å². The number of likely N-dealkylation sites (tertiary alicyclic amines) is 1. The maximum atomic E-state index is 12.8. The van der Waals surface area contributed by atoms with Crippen molar-refractivity contribution in [3.8, 4) is 5.69 Å². The zero-order chi connectivity index (χ0) is 17.4. The van der Waals surface area contributed by atoms with Gasteiger partial charge in [0.15, 0.2) is 5.69 Å². The van der Waals surface area contributed by atoms with Crippen LogP contribution in [0.4, 0.5) is 0 Å². The molecule has 126 valence electrons. The number of halogens is 1. The number of rotatable bonds is 3. The third kappa shape index (κ3) is 2.82. The quantitative estimate of drug-likeness (QED) is 0.865. The highest BCUT2D eigenvalue weighted by Crippen LogP contribution is 2.26. The normalized spacial score (nSPS) is 20.4. The molecule has 0 radical (unpaired) electrons. The number of hydrogen-bond donors (Lipinski definition) is 1. The summed E-state index contributed by atoms with van der Waals surface area (Å²) in [6.45, 7) is 3.96. The van der Waals surface area contributed by atoms with Crippen LogP contribution in [0.2, 0.25) is 0 Å². The molecule has 1 amide bonds. The van der Waals surface area contributed by atoms with Gasteiger partial charge in [-0.3, -0.25) is 9.59 Å². The summed E-state index contributed by atoms with van der Waals surface area (Å²) in [5, 5.41) is 17.3. The Kier molecular flexibility index (Phi) is 4.40. The first-order chi connectivity index (χ1) is 11.4. The van der Waals surface area contributed by atoms with E-state index in [4.69, 9.17) is 0 Å². The van der Waals surface area contributed by atoms with E-state index in [1.807, 2.05) is 24.3 Å². The van der Waals surface area contributed by atoms with Crippen LogP contribution in [0.1, 0.15) is 29.5 Å². The predicted molar refractivity (Wildman–Crippen MR) is 90.0 cm³/mol. The summed E-state index contributed by atoms with van der Waals surface area (Å²) in [4.78, 5) is 25.6. The largest absolute Gasteiger partial charge is 0.481 e. The molecule has 2 atom stereocenters. The zero-order valence-corrected chi connectivity index (χ0v) is 14.9. The van der Waals surface area contributed by atoms with Crippen LogP contribution >= 0.6 is 15.9 Å². The molecule has 2 heterocycles. The molecular weight excluding hydrogens is 376 g/mol. The molecule has 0 bridgehead atoms. The fraction of sp³-hybridized carbons (Fsp3) is 0.375.